The van der Waals surface area contributed by atoms with E-state index >= 15 is 0 Å². The lowest BCUT2D eigenvalue weighted by molar-refractivity contribution is 0.101. The summed E-state index contributed by atoms with van der Waals surface area (Å²) in [6.07, 6.45) is 3.02. The van der Waals surface area contributed by atoms with Crippen molar-refractivity contribution in [3.8, 4) is 0 Å². The van der Waals surface area contributed by atoms with Gasteiger partial charge < -0.3 is 4.42 Å². The maximum atomic E-state index is 13.5. The van der Waals surface area contributed by atoms with E-state index < -0.39 is 5.82 Å². The van der Waals surface area contributed by atoms with Gasteiger partial charge in [-0.05, 0) is 34.1 Å². The van der Waals surface area contributed by atoms with Gasteiger partial charge >= 0.3 is 0 Å². The Hall–Kier alpha value is -2.01. The number of benzene rings is 1. The second-order valence-electron chi connectivity index (χ2n) is 3.99. The normalized spacial score (nSPS) is 10.8. The Balaban J connectivity index is 2.09. The largest absolute Gasteiger partial charge is 0.449 e. The standard InChI is InChI=1S/C14H7BrFNO2/c15-10-4-9(6-17-7-10)13(18)12-5-8-2-1-3-11(16)14(8)19-12/h1-7H. The number of pyridine rings is 1. The number of nitrogens with zero attached hydrogens (tertiary/aromatic N) is 1. The topological polar surface area (TPSA) is 43.1 Å². The van der Waals surface area contributed by atoms with Gasteiger partial charge in [-0.2, -0.15) is 0 Å². The first-order valence-corrected chi connectivity index (χ1v) is 6.28. The highest BCUT2D eigenvalue weighted by Crippen LogP contribution is 2.24. The van der Waals surface area contributed by atoms with E-state index in [1.807, 2.05) is 0 Å². The lowest BCUT2D eigenvalue weighted by atomic mass is 10.1. The lowest BCUT2D eigenvalue weighted by Crippen LogP contribution is -1.99. The number of hydrogen-bond acceptors (Lipinski definition) is 3. The summed E-state index contributed by atoms with van der Waals surface area (Å²) in [5, 5.41) is 0.561. The Labute approximate surface area is 116 Å². The average Bonchev–Trinajstić information content (AvgIpc) is 2.83. The van der Waals surface area contributed by atoms with Crippen molar-refractivity contribution in [2.75, 3.05) is 0 Å². The zero-order valence-corrected chi connectivity index (χ0v) is 11.1. The SMILES string of the molecule is O=C(c1cncc(Br)c1)c1cc2cccc(F)c2o1. The highest BCUT2D eigenvalue weighted by molar-refractivity contribution is 9.10. The molecule has 94 valence electrons. The summed E-state index contributed by atoms with van der Waals surface area (Å²) in [5.41, 5.74) is 0.475. The van der Waals surface area contributed by atoms with Crippen LogP contribution < -0.4 is 0 Å². The van der Waals surface area contributed by atoms with E-state index in [0.29, 0.717) is 15.4 Å². The summed E-state index contributed by atoms with van der Waals surface area (Å²) >= 11 is 3.24. The first-order valence-electron chi connectivity index (χ1n) is 5.48. The van der Waals surface area contributed by atoms with Gasteiger partial charge in [0.05, 0.1) is 0 Å². The van der Waals surface area contributed by atoms with Crippen LogP contribution in [-0.4, -0.2) is 10.8 Å². The van der Waals surface area contributed by atoms with Crippen molar-refractivity contribution in [1.29, 1.82) is 0 Å². The van der Waals surface area contributed by atoms with Gasteiger partial charge in [0.2, 0.25) is 5.78 Å². The summed E-state index contributed by atoms with van der Waals surface area (Å²) < 4.78 is 19.5. The van der Waals surface area contributed by atoms with E-state index in [4.69, 9.17) is 4.42 Å². The van der Waals surface area contributed by atoms with Gasteiger partial charge in [-0.15, -0.1) is 0 Å². The molecule has 0 aliphatic heterocycles. The third kappa shape index (κ3) is 2.17. The maximum absolute atomic E-state index is 13.5. The number of hydrogen-bond donors (Lipinski definition) is 0. The first kappa shape index (κ1) is 12.0. The number of ketones is 1. The molecule has 0 aliphatic carbocycles. The van der Waals surface area contributed by atoms with Crippen LogP contribution in [0, 0.1) is 5.82 Å². The summed E-state index contributed by atoms with van der Waals surface area (Å²) in [7, 11) is 0. The van der Waals surface area contributed by atoms with Crippen LogP contribution in [0.1, 0.15) is 16.1 Å². The van der Waals surface area contributed by atoms with Gasteiger partial charge in [0.1, 0.15) is 0 Å². The highest BCUT2D eigenvalue weighted by Gasteiger charge is 2.16. The molecule has 0 radical (unpaired) electrons. The molecular weight excluding hydrogens is 313 g/mol. The Morgan fingerprint density at radius 2 is 2.11 bits per heavy atom. The molecular formula is C14H7BrFNO2. The van der Waals surface area contributed by atoms with Crippen LogP contribution in [0.3, 0.4) is 0 Å². The number of halogens is 2. The summed E-state index contributed by atoms with van der Waals surface area (Å²) in [6.45, 7) is 0. The molecule has 5 heteroatoms. The third-order valence-electron chi connectivity index (χ3n) is 2.69. The Bertz CT molecular complexity index is 782. The fourth-order valence-electron chi connectivity index (χ4n) is 1.82. The smallest absolute Gasteiger partial charge is 0.229 e. The molecule has 0 bridgehead atoms. The minimum atomic E-state index is -0.482. The van der Waals surface area contributed by atoms with Crippen molar-refractivity contribution in [2.45, 2.75) is 0 Å². The molecule has 3 aromatic rings. The molecule has 0 aliphatic rings. The number of carbonyl (C=O) groups is 1. The second kappa shape index (κ2) is 4.59. The van der Waals surface area contributed by atoms with Crippen LogP contribution >= 0.6 is 15.9 Å². The molecule has 0 atom stereocenters. The van der Waals surface area contributed by atoms with Crippen molar-refractivity contribution in [3.05, 3.63) is 64.3 Å². The van der Waals surface area contributed by atoms with Crippen molar-refractivity contribution in [3.63, 3.8) is 0 Å². The van der Waals surface area contributed by atoms with E-state index in [-0.39, 0.29) is 17.1 Å². The quantitative estimate of drug-likeness (QED) is 0.671. The maximum Gasteiger partial charge on any atom is 0.229 e. The zero-order chi connectivity index (χ0) is 13.4. The molecule has 0 fully saturated rings. The number of fused-ring (bicyclic) bond motifs is 1. The molecule has 0 saturated carbocycles. The van der Waals surface area contributed by atoms with Crippen LogP contribution in [0.2, 0.25) is 0 Å². The molecule has 0 amide bonds. The van der Waals surface area contributed by atoms with E-state index in [0.717, 1.165) is 0 Å². The van der Waals surface area contributed by atoms with Crippen LogP contribution in [0.25, 0.3) is 11.0 Å². The number of aromatic nitrogens is 1. The van der Waals surface area contributed by atoms with E-state index in [1.165, 1.54) is 18.3 Å². The molecule has 3 rings (SSSR count). The monoisotopic (exact) mass is 319 g/mol. The van der Waals surface area contributed by atoms with Crippen molar-refractivity contribution < 1.29 is 13.6 Å². The predicted octanol–water partition coefficient (Wildman–Crippen LogP) is 3.96. The molecule has 2 heterocycles. The van der Waals surface area contributed by atoms with Crippen LogP contribution in [0.15, 0.2) is 51.6 Å². The summed E-state index contributed by atoms with van der Waals surface area (Å²) in [4.78, 5) is 16.1. The van der Waals surface area contributed by atoms with Gasteiger partial charge in [0.25, 0.3) is 0 Å². The molecule has 0 N–H and O–H groups in total. The number of para-hydroxylation sites is 1. The van der Waals surface area contributed by atoms with Gasteiger partial charge in [-0.25, -0.2) is 4.39 Å². The molecule has 1 aromatic carbocycles. The predicted molar refractivity (Wildman–Crippen MR) is 71.5 cm³/mol. The van der Waals surface area contributed by atoms with E-state index in [2.05, 4.69) is 20.9 Å². The number of rotatable bonds is 2. The molecule has 0 unspecified atom stereocenters. The van der Waals surface area contributed by atoms with Gasteiger partial charge in [0, 0.05) is 27.8 Å². The average molecular weight is 320 g/mol. The molecule has 2 aromatic heterocycles. The fraction of sp³-hybridized carbons (Fsp3) is 0. The Morgan fingerprint density at radius 1 is 1.26 bits per heavy atom. The van der Waals surface area contributed by atoms with Crippen LogP contribution in [0.5, 0.6) is 0 Å². The van der Waals surface area contributed by atoms with Crippen LogP contribution in [0.4, 0.5) is 4.39 Å². The van der Waals surface area contributed by atoms with Crippen molar-refractivity contribution in [1.82, 2.24) is 4.98 Å². The summed E-state index contributed by atoms with van der Waals surface area (Å²) in [5.74, 6) is -0.715. The zero-order valence-electron chi connectivity index (χ0n) is 9.56. The van der Waals surface area contributed by atoms with Crippen LogP contribution in [-0.2, 0) is 0 Å². The van der Waals surface area contributed by atoms with E-state index in [1.54, 1.807) is 24.4 Å². The number of carbonyl (C=O) groups excluding carboxylic acids is 1. The molecule has 19 heavy (non-hydrogen) atoms. The Kier molecular flexibility index (Phi) is 2.91. The highest BCUT2D eigenvalue weighted by atomic mass is 79.9. The van der Waals surface area contributed by atoms with Gasteiger partial charge in [-0.1, -0.05) is 12.1 Å². The molecule has 0 saturated heterocycles. The third-order valence-corrected chi connectivity index (χ3v) is 3.12. The molecule has 3 nitrogen and oxygen atoms in total. The first-order chi connectivity index (χ1) is 9.15. The minimum Gasteiger partial charge on any atom is -0.449 e. The van der Waals surface area contributed by atoms with Gasteiger partial charge in [-0.3, -0.25) is 9.78 Å². The fourth-order valence-corrected chi connectivity index (χ4v) is 2.18. The van der Waals surface area contributed by atoms with Gasteiger partial charge in [0.15, 0.2) is 17.2 Å². The number of furan rings is 1. The lowest BCUT2D eigenvalue weighted by Gasteiger charge is -1.97. The summed E-state index contributed by atoms with van der Waals surface area (Å²) in [6, 6.07) is 7.72. The van der Waals surface area contributed by atoms with Crippen molar-refractivity contribution >= 4 is 32.7 Å². The molecule has 0 spiro atoms. The van der Waals surface area contributed by atoms with Crippen molar-refractivity contribution in [2.24, 2.45) is 0 Å². The van der Waals surface area contributed by atoms with E-state index in [9.17, 15) is 9.18 Å². The minimum absolute atomic E-state index is 0.0915. The Morgan fingerprint density at radius 3 is 2.84 bits per heavy atom. The second-order valence-corrected chi connectivity index (χ2v) is 4.91.